The van der Waals surface area contributed by atoms with Crippen molar-refractivity contribution in [3.63, 3.8) is 0 Å². The Hall–Kier alpha value is -0.850. The van der Waals surface area contributed by atoms with Gasteiger partial charge in [-0.05, 0) is 23.6 Å². The topological polar surface area (TPSA) is 58.0 Å². The van der Waals surface area contributed by atoms with Gasteiger partial charge in [0.25, 0.3) is 0 Å². The molecule has 0 amide bonds. The Kier molecular flexibility index (Phi) is 5.03. The van der Waals surface area contributed by atoms with Crippen molar-refractivity contribution in [2.75, 3.05) is 30.0 Å². The molecule has 2 aromatic rings. The second-order valence-electron chi connectivity index (χ2n) is 3.48. The second-order valence-corrected chi connectivity index (χ2v) is 5.60. The summed E-state index contributed by atoms with van der Waals surface area (Å²) in [7, 11) is 0. The zero-order valence-corrected chi connectivity index (χ0v) is 11.1. The summed E-state index contributed by atoms with van der Waals surface area (Å²) in [6, 6.07) is 2.04. The van der Waals surface area contributed by atoms with Crippen molar-refractivity contribution >= 4 is 39.1 Å². The molecule has 0 spiro atoms. The van der Waals surface area contributed by atoms with Gasteiger partial charge in [0.2, 0.25) is 0 Å². The van der Waals surface area contributed by atoms with Crippen LogP contribution in [0.5, 0.6) is 0 Å². The molecule has 2 N–H and O–H groups in total. The Balaban J connectivity index is 1.80. The first-order valence-electron chi connectivity index (χ1n) is 5.52. The van der Waals surface area contributed by atoms with Gasteiger partial charge in [-0.15, -0.1) is 11.3 Å². The highest BCUT2D eigenvalue weighted by Crippen LogP contribution is 2.23. The number of nitrogens with one attached hydrogen (secondary N) is 1. The summed E-state index contributed by atoms with van der Waals surface area (Å²) >= 11 is 3.47. The summed E-state index contributed by atoms with van der Waals surface area (Å²) in [5, 5.41) is 15.1. The van der Waals surface area contributed by atoms with E-state index in [0.717, 1.165) is 40.5 Å². The van der Waals surface area contributed by atoms with E-state index in [0.29, 0.717) is 0 Å². The highest BCUT2D eigenvalue weighted by molar-refractivity contribution is 7.99. The largest absolute Gasteiger partial charge is 0.396 e. The first kappa shape index (κ1) is 12.6. The van der Waals surface area contributed by atoms with E-state index >= 15 is 0 Å². The molecule has 0 aliphatic carbocycles. The highest BCUT2D eigenvalue weighted by Gasteiger charge is 2.03. The molecule has 0 saturated carbocycles. The van der Waals surface area contributed by atoms with Gasteiger partial charge in [0.1, 0.15) is 17.0 Å². The third-order valence-electron chi connectivity index (χ3n) is 2.25. The van der Waals surface area contributed by atoms with Gasteiger partial charge in [-0.1, -0.05) is 0 Å². The van der Waals surface area contributed by atoms with E-state index in [1.165, 1.54) is 0 Å². The molecular weight excluding hydrogens is 254 g/mol. The third-order valence-corrected chi connectivity index (χ3v) is 4.14. The van der Waals surface area contributed by atoms with Crippen LogP contribution in [-0.4, -0.2) is 39.7 Å². The fourth-order valence-electron chi connectivity index (χ4n) is 1.44. The Bertz CT molecular complexity index is 461. The van der Waals surface area contributed by atoms with Gasteiger partial charge >= 0.3 is 0 Å². The van der Waals surface area contributed by atoms with Crippen molar-refractivity contribution in [2.45, 2.75) is 6.42 Å². The van der Waals surface area contributed by atoms with Crippen LogP contribution in [0.4, 0.5) is 5.82 Å². The highest BCUT2D eigenvalue weighted by atomic mass is 32.2. The van der Waals surface area contributed by atoms with Crippen LogP contribution in [-0.2, 0) is 0 Å². The van der Waals surface area contributed by atoms with Gasteiger partial charge in [0.05, 0.1) is 5.39 Å². The van der Waals surface area contributed by atoms with Crippen LogP contribution in [0, 0.1) is 0 Å². The third kappa shape index (κ3) is 3.55. The Labute approximate surface area is 108 Å². The van der Waals surface area contributed by atoms with Crippen molar-refractivity contribution in [3.8, 4) is 0 Å². The minimum atomic E-state index is 0.280. The van der Waals surface area contributed by atoms with E-state index in [1.54, 1.807) is 17.7 Å². The molecule has 0 fully saturated rings. The number of thiophene rings is 1. The van der Waals surface area contributed by atoms with Crippen LogP contribution in [0.3, 0.4) is 0 Å². The van der Waals surface area contributed by atoms with E-state index in [2.05, 4.69) is 15.3 Å². The molecule has 0 aromatic carbocycles. The molecule has 0 aliphatic rings. The maximum Gasteiger partial charge on any atom is 0.138 e. The minimum absolute atomic E-state index is 0.280. The lowest BCUT2D eigenvalue weighted by molar-refractivity contribution is 0.296. The molecule has 0 saturated heterocycles. The molecule has 92 valence electrons. The quantitative estimate of drug-likeness (QED) is 0.755. The molecule has 0 atom stereocenters. The van der Waals surface area contributed by atoms with Gasteiger partial charge in [-0.25, -0.2) is 9.97 Å². The van der Waals surface area contributed by atoms with Crippen LogP contribution in [0.15, 0.2) is 17.8 Å². The Morgan fingerprint density at radius 3 is 3.18 bits per heavy atom. The molecule has 6 heteroatoms. The average molecular weight is 269 g/mol. The van der Waals surface area contributed by atoms with Crippen molar-refractivity contribution in [2.24, 2.45) is 0 Å². The fraction of sp³-hybridized carbons (Fsp3) is 0.455. The molecule has 0 unspecified atom stereocenters. The first-order valence-corrected chi connectivity index (χ1v) is 7.56. The molecule has 2 aromatic heterocycles. The molecule has 17 heavy (non-hydrogen) atoms. The molecule has 0 bridgehead atoms. The minimum Gasteiger partial charge on any atom is -0.396 e. The molecule has 2 heterocycles. The molecular formula is C11H15N3OS2. The van der Waals surface area contributed by atoms with Crippen LogP contribution in [0.1, 0.15) is 6.42 Å². The van der Waals surface area contributed by atoms with Gasteiger partial charge < -0.3 is 10.4 Å². The number of rotatable bonds is 7. The zero-order chi connectivity index (χ0) is 11.9. The van der Waals surface area contributed by atoms with Crippen molar-refractivity contribution < 1.29 is 5.11 Å². The number of thioether (sulfide) groups is 1. The number of aliphatic hydroxyl groups excluding tert-OH is 1. The summed E-state index contributed by atoms with van der Waals surface area (Å²) in [6.45, 7) is 1.17. The van der Waals surface area contributed by atoms with E-state index in [1.807, 2.05) is 23.2 Å². The summed E-state index contributed by atoms with van der Waals surface area (Å²) in [4.78, 5) is 9.48. The monoisotopic (exact) mass is 269 g/mol. The number of nitrogens with zero attached hydrogens (tertiary/aromatic N) is 2. The van der Waals surface area contributed by atoms with E-state index < -0.39 is 0 Å². The number of hydrogen-bond acceptors (Lipinski definition) is 6. The number of aliphatic hydroxyl groups is 1. The Morgan fingerprint density at radius 1 is 1.35 bits per heavy atom. The van der Waals surface area contributed by atoms with Crippen molar-refractivity contribution in [3.05, 3.63) is 17.8 Å². The second kappa shape index (κ2) is 6.78. The van der Waals surface area contributed by atoms with Crippen molar-refractivity contribution in [1.29, 1.82) is 0 Å². The summed E-state index contributed by atoms with van der Waals surface area (Å²) in [5.74, 6) is 2.95. The predicted octanol–water partition coefficient (Wildman–Crippen LogP) is 2.22. The van der Waals surface area contributed by atoms with Crippen LogP contribution < -0.4 is 5.32 Å². The maximum absolute atomic E-state index is 8.65. The van der Waals surface area contributed by atoms with E-state index in [4.69, 9.17) is 5.11 Å². The Morgan fingerprint density at radius 2 is 2.29 bits per heavy atom. The van der Waals surface area contributed by atoms with Crippen LogP contribution in [0.25, 0.3) is 10.2 Å². The standard InChI is InChI=1S/C11H15N3OS2/c15-4-1-5-16-7-3-12-10-9-2-6-17-11(9)14-8-13-10/h2,6,8,15H,1,3-5,7H2,(H,12,13,14). The van der Waals surface area contributed by atoms with Gasteiger partial charge in [0, 0.05) is 18.9 Å². The maximum atomic E-state index is 8.65. The number of aromatic nitrogens is 2. The molecule has 0 aliphatic heterocycles. The normalized spacial score (nSPS) is 10.9. The predicted molar refractivity (Wildman–Crippen MR) is 74.9 cm³/mol. The van der Waals surface area contributed by atoms with Gasteiger partial charge in [-0.2, -0.15) is 11.8 Å². The van der Waals surface area contributed by atoms with Crippen molar-refractivity contribution in [1.82, 2.24) is 9.97 Å². The smallest absolute Gasteiger partial charge is 0.138 e. The lowest BCUT2D eigenvalue weighted by atomic mass is 10.4. The summed E-state index contributed by atoms with van der Waals surface area (Å²) < 4.78 is 0. The fourth-order valence-corrected chi connectivity index (χ4v) is 2.96. The zero-order valence-electron chi connectivity index (χ0n) is 9.43. The lowest BCUT2D eigenvalue weighted by Crippen LogP contribution is -2.06. The summed E-state index contributed by atoms with van der Waals surface area (Å²) in [6.07, 6.45) is 2.47. The van der Waals surface area contributed by atoms with Crippen LogP contribution in [0.2, 0.25) is 0 Å². The van der Waals surface area contributed by atoms with Gasteiger partial charge in [-0.3, -0.25) is 0 Å². The average Bonchev–Trinajstić information content (AvgIpc) is 2.82. The van der Waals surface area contributed by atoms with E-state index in [9.17, 15) is 0 Å². The van der Waals surface area contributed by atoms with E-state index in [-0.39, 0.29) is 6.61 Å². The summed E-state index contributed by atoms with van der Waals surface area (Å²) in [5.41, 5.74) is 0. The first-order chi connectivity index (χ1) is 8.42. The number of fused-ring (bicyclic) bond motifs is 1. The lowest BCUT2D eigenvalue weighted by Gasteiger charge is -2.05. The van der Waals surface area contributed by atoms with Crippen LogP contribution >= 0.6 is 23.1 Å². The number of hydrogen-bond donors (Lipinski definition) is 2. The molecule has 4 nitrogen and oxygen atoms in total. The van der Waals surface area contributed by atoms with Gasteiger partial charge in [0.15, 0.2) is 0 Å². The SMILES string of the molecule is OCCCSCCNc1ncnc2sccc12. The number of anilines is 1. The molecule has 0 radical (unpaired) electrons. The molecule has 2 rings (SSSR count).